The van der Waals surface area contributed by atoms with Gasteiger partial charge in [-0.3, -0.25) is 0 Å². The SMILES string of the molecule is NC1CCNC(C2CCCCCCCC2)C1. The Labute approximate surface area is 100 Å². The first-order valence-electron chi connectivity index (χ1n) is 7.35. The second kappa shape index (κ2) is 6.61. The molecule has 2 unspecified atom stereocenters. The zero-order chi connectivity index (χ0) is 11.2. The molecule has 0 radical (unpaired) electrons. The van der Waals surface area contributed by atoms with E-state index in [-0.39, 0.29) is 0 Å². The van der Waals surface area contributed by atoms with E-state index in [0.29, 0.717) is 6.04 Å². The summed E-state index contributed by atoms with van der Waals surface area (Å²) in [6.07, 6.45) is 14.0. The average Bonchev–Trinajstić information content (AvgIpc) is 2.42. The minimum absolute atomic E-state index is 0.457. The maximum atomic E-state index is 6.09. The van der Waals surface area contributed by atoms with Crippen LogP contribution in [0.4, 0.5) is 0 Å². The van der Waals surface area contributed by atoms with E-state index >= 15 is 0 Å². The van der Waals surface area contributed by atoms with Gasteiger partial charge in [-0.1, -0.05) is 38.5 Å². The summed E-state index contributed by atoms with van der Waals surface area (Å²) >= 11 is 0. The lowest BCUT2D eigenvalue weighted by Crippen LogP contribution is -2.47. The van der Waals surface area contributed by atoms with Gasteiger partial charge >= 0.3 is 0 Å². The lowest BCUT2D eigenvalue weighted by atomic mass is 9.84. The molecule has 0 amide bonds. The molecule has 0 aromatic heterocycles. The van der Waals surface area contributed by atoms with Gasteiger partial charge in [-0.05, 0) is 38.1 Å². The molecule has 1 saturated heterocycles. The van der Waals surface area contributed by atoms with Crippen LogP contribution >= 0.6 is 0 Å². The van der Waals surface area contributed by atoms with Crippen LogP contribution in [0.1, 0.15) is 64.2 Å². The van der Waals surface area contributed by atoms with Gasteiger partial charge in [-0.15, -0.1) is 0 Å². The molecule has 0 aromatic carbocycles. The van der Waals surface area contributed by atoms with Gasteiger partial charge in [0.2, 0.25) is 0 Å². The fourth-order valence-corrected chi connectivity index (χ4v) is 3.41. The summed E-state index contributed by atoms with van der Waals surface area (Å²) in [5.41, 5.74) is 6.09. The molecule has 0 bridgehead atoms. The molecule has 94 valence electrons. The minimum Gasteiger partial charge on any atom is -0.328 e. The quantitative estimate of drug-likeness (QED) is 0.719. The number of hydrogen-bond acceptors (Lipinski definition) is 2. The third kappa shape index (κ3) is 3.74. The highest BCUT2D eigenvalue weighted by Gasteiger charge is 2.26. The van der Waals surface area contributed by atoms with E-state index in [1.54, 1.807) is 0 Å². The van der Waals surface area contributed by atoms with Crippen molar-refractivity contribution in [2.75, 3.05) is 6.54 Å². The molecular weight excluding hydrogens is 196 g/mol. The number of nitrogens with two attached hydrogens (primary N) is 1. The molecule has 2 atom stereocenters. The Morgan fingerprint density at radius 2 is 1.44 bits per heavy atom. The summed E-state index contributed by atoms with van der Waals surface area (Å²) < 4.78 is 0. The van der Waals surface area contributed by atoms with Crippen molar-refractivity contribution in [2.45, 2.75) is 76.3 Å². The maximum Gasteiger partial charge on any atom is 0.0110 e. The highest BCUT2D eigenvalue weighted by molar-refractivity contribution is 4.85. The molecule has 16 heavy (non-hydrogen) atoms. The van der Waals surface area contributed by atoms with Crippen LogP contribution in [0.2, 0.25) is 0 Å². The summed E-state index contributed by atoms with van der Waals surface area (Å²) in [5, 5.41) is 3.71. The normalized spacial score (nSPS) is 35.1. The molecule has 1 aliphatic carbocycles. The Hall–Kier alpha value is -0.0800. The highest BCUT2D eigenvalue weighted by Crippen LogP contribution is 2.27. The van der Waals surface area contributed by atoms with Gasteiger partial charge in [0, 0.05) is 12.1 Å². The van der Waals surface area contributed by atoms with Crippen LogP contribution in [-0.4, -0.2) is 18.6 Å². The molecule has 3 N–H and O–H groups in total. The monoisotopic (exact) mass is 224 g/mol. The molecule has 2 rings (SSSR count). The maximum absolute atomic E-state index is 6.09. The predicted molar refractivity (Wildman–Crippen MR) is 69.4 cm³/mol. The Morgan fingerprint density at radius 1 is 0.812 bits per heavy atom. The average molecular weight is 224 g/mol. The number of nitrogens with one attached hydrogen (secondary N) is 1. The summed E-state index contributed by atoms with van der Waals surface area (Å²) in [6.45, 7) is 1.14. The van der Waals surface area contributed by atoms with E-state index in [1.165, 1.54) is 64.2 Å². The Bertz CT molecular complexity index is 183. The second-order valence-electron chi connectivity index (χ2n) is 5.80. The molecular formula is C14H28N2. The van der Waals surface area contributed by atoms with Gasteiger partial charge in [-0.2, -0.15) is 0 Å². The lowest BCUT2D eigenvalue weighted by Gasteiger charge is -2.34. The number of hydrogen-bond donors (Lipinski definition) is 2. The van der Waals surface area contributed by atoms with Crippen molar-refractivity contribution < 1.29 is 0 Å². The van der Waals surface area contributed by atoms with Crippen molar-refractivity contribution in [1.29, 1.82) is 0 Å². The van der Waals surface area contributed by atoms with Crippen molar-refractivity contribution in [3.8, 4) is 0 Å². The first-order valence-corrected chi connectivity index (χ1v) is 7.35. The van der Waals surface area contributed by atoms with Crippen molar-refractivity contribution in [3.63, 3.8) is 0 Å². The van der Waals surface area contributed by atoms with Crippen molar-refractivity contribution in [3.05, 3.63) is 0 Å². The van der Waals surface area contributed by atoms with E-state index in [1.807, 2.05) is 0 Å². The molecule has 1 heterocycles. The van der Waals surface area contributed by atoms with E-state index in [0.717, 1.165) is 18.5 Å². The molecule has 0 aromatic rings. The van der Waals surface area contributed by atoms with Crippen LogP contribution in [0.5, 0.6) is 0 Å². The Kier molecular flexibility index (Phi) is 5.11. The van der Waals surface area contributed by atoms with Crippen LogP contribution in [0.15, 0.2) is 0 Å². The number of rotatable bonds is 1. The van der Waals surface area contributed by atoms with Gasteiger partial charge in [-0.25, -0.2) is 0 Å². The first kappa shape index (κ1) is 12.4. The predicted octanol–water partition coefficient (Wildman–Crippen LogP) is 2.82. The summed E-state index contributed by atoms with van der Waals surface area (Å²) in [4.78, 5) is 0. The van der Waals surface area contributed by atoms with Crippen LogP contribution < -0.4 is 11.1 Å². The first-order chi connectivity index (χ1) is 7.86. The van der Waals surface area contributed by atoms with E-state index < -0.39 is 0 Å². The highest BCUT2D eigenvalue weighted by atomic mass is 14.9. The van der Waals surface area contributed by atoms with Crippen LogP contribution in [0.25, 0.3) is 0 Å². The largest absolute Gasteiger partial charge is 0.328 e. The fraction of sp³-hybridized carbons (Fsp3) is 1.00. The van der Waals surface area contributed by atoms with E-state index in [2.05, 4.69) is 5.32 Å². The van der Waals surface area contributed by atoms with Gasteiger partial charge in [0.1, 0.15) is 0 Å². The fourth-order valence-electron chi connectivity index (χ4n) is 3.41. The van der Waals surface area contributed by atoms with Gasteiger partial charge in [0.05, 0.1) is 0 Å². The molecule has 2 heteroatoms. The molecule has 1 aliphatic heterocycles. The molecule has 2 fully saturated rings. The van der Waals surface area contributed by atoms with Gasteiger partial charge in [0.25, 0.3) is 0 Å². The van der Waals surface area contributed by atoms with Gasteiger partial charge in [0.15, 0.2) is 0 Å². The van der Waals surface area contributed by atoms with Crippen LogP contribution in [0, 0.1) is 5.92 Å². The number of piperidine rings is 1. The summed E-state index contributed by atoms with van der Waals surface area (Å²) in [6, 6.07) is 1.18. The second-order valence-corrected chi connectivity index (χ2v) is 5.80. The van der Waals surface area contributed by atoms with Crippen molar-refractivity contribution >= 4 is 0 Å². The topological polar surface area (TPSA) is 38.0 Å². The van der Waals surface area contributed by atoms with E-state index in [4.69, 9.17) is 5.73 Å². The molecule has 0 spiro atoms. The van der Waals surface area contributed by atoms with E-state index in [9.17, 15) is 0 Å². The zero-order valence-electron chi connectivity index (χ0n) is 10.6. The van der Waals surface area contributed by atoms with Crippen LogP contribution in [0.3, 0.4) is 0 Å². The minimum atomic E-state index is 0.457. The standard InChI is InChI=1S/C14H28N2/c15-13-9-10-16-14(11-13)12-7-5-3-1-2-4-6-8-12/h12-14,16H,1-11,15H2. The van der Waals surface area contributed by atoms with Crippen LogP contribution in [-0.2, 0) is 0 Å². The summed E-state index contributed by atoms with van der Waals surface area (Å²) in [7, 11) is 0. The van der Waals surface area contributed by atoms with Gasteiger partial charge < -0.3 is 11.1 Å². The summed E-state index contributed by atoms with van der Waals surface area (Å²) in [5.74, 6) is 0.907. The van der Waals surface area contributed by atoms with Crippen molar-refractivity contribution in [1.82, 2.24) is 5.32 Å². The Morgan fingerprint density at radius 3 is 2.06 bits per heavy atom. The molecule has 2 nitrogen and oxygen atoms in total. The smallest absolute Gasteiger partial charge is 0.0110 e. The third-order valence-electron chi connectivity index (χ3n) is 4.45. The molecule has 1 saturated carbocycles. The zero-order valence-corrected chi connectivity index (χ0v) is 10.6. The third-order valence-corrected chi connectivity index (χ3v) is 4.45. The lowest BCUT2D eigenvalue weighted by molar-refractivity contribution is 0.245. The molecule has 2 aliphatic rings. The van der Waals surface area contributed by atoms with Crippen molar-refractivity contribution in [2.24, 2.45) is 11.7 Å². The Balaban J connectivity index is 1.83.